The number of allylic oxidation sites excluding steroid dienone is 11. The van der Waals surface area contributed by atoms with Gasteiger partial charge in [0.05, 0.1) is 25.4 Å². The molecule has 9 heteroatoms. The molecule has 0 saturated carbocycles. The minimum absolute atomic E-state index is 0.0662. The highest BCUT2D eigenvalue weighted by Crippen LogP contribution is 2.43. The van der Waals surface area contributed by atoms with Gasteiger partial charge in [0.1, 0.15) is 0 Å². The van der Waals surface area contributed by atoms with E-state index in [1.807, 2.05) is 6.08 Å². The zero-order valence-corrected chi connectivity index (χ0v) is 38.9. The van der Waals surface area contributed by atoms with Gasteiger partial charge in [-0.3, -0.25) is 13.8 Å². The van der Waals surface area contributed by atoms with Gasteiger partial charge < -0.3 is 21.1 Å². The van der Waals surface area contributed by atoms with Gasteiger partial charge in [-0.15, -0.1) is 0 Å². The number of amides is 1. The number of carbonyl (C=O) groups excluding carboxylic acids is 1. The second-order valence-corrected chi connectivity index (χ2v) is 17.4. The topological polar surface area (TPSA) is 131 Å². The number of hydrogen-bond donors (Lipinski definition) is 4. The van der Waals surface area contributed by atoms with E-state index in [2.05, 4.69) is 79.9 Å². The van der Waals surface area contributed by atoms with Gasteiger partial charge >= 0.3 is 7.82 Å². The Kier molecular flexibility index (Phi) is 43.9. The van der Waals surface area contributed by atoms with Gasteiger partial charge in [-0.05, 0) is 83.5 Å². The third kappa shape index (κ3) is 43.8. The molecule has 5 N–H and O–H groups in total. The van der Waals surface area contributed by atoms with Crippen LogP contribution in [0.25, 0.3) is 0 Å². The molecule has 0 rings (SSSR count). The minimum Gasteiger partial charge on any atom is -0.387 e. The molecule has 0 saturated heterocycles. The van der Waals surface area contributed by atoms with Crippen LogP contribution in [0, 0.1) is 0 Å². The molecule has 0 radical (unpaired) electrons. The Morgan fingerprint density at radius 3 is 1.46 bits per heavy atom. The number of nitrogens with two attached hydrogens (primary N) is 1. The van der Waals surface area contributed by atoms with Crippen molar-refractivity contribution >= 4 is 13.7 Å². The van der Waals surface area contributed by atoms with E-state index in [0.29, 0.717) is 6.42 Å². The van der Waals surface area contributed by atoms with E-state index in [9.17, 15) is 19.4 Å². The molecule has 3 unspecified atom stereocenters. The number of aliphatic hydroxyl groups excluding tert-OH is 1. The first-order valence-electron chi connectivity index (χ1n) is 24.1. The Balaban J connectivity index is 4.27. The molecule has 0 spiro atoms. The third-order valence-corrected chi connectivity index (χ3v) is 11.2. The van der Waals surface area contributed by atoms with Crippen molar-refractivity contribution in [3.8, 4) is 0 Å². The predicted octanol–water partition coefficient (Wildman–Crippen LogP) is 14.0. The molecule has 1 amide bonds. The van der Waals surface area contributed by atoms with E-state index >= 15 is 0 Å². The zero-order chi connectivity index (χ0) is 43.2. The summed E-state index contributed by atoms with van der Waals surface area (Å²) in [7, 11) is -4.36. The molecule has 0 bridgehead atoms. The summed E-state index contributed by atoms with van der Waals surface area (Å²) < 4.78 is 22.2. The lowest BCUT2D eigenvalue weighted by molar-refractivity contribution is -0.123. The quantitative estimate of drug-likeness (QED) is 0.0273. The van der Waals surface area contributed by atoms with E-state index in [0.717, 1.165) is 70.6 Å². The molecule has 0 aliphatic carbocycles. The van der Waals surface area contributed by atoms with E-state index in [1.54, 1.807) is 6.08 Å². The Labute approximate surface area is 363 Å². The molecule has 0 aromatic heterocycles. The molecule has 8 nitrogen and oxygen atoms in total. The number of aliphatic hydroxyl groups is 1. The number of rotatable bonds is 44. The maximum atomic E-state index is 12.8. The van der Waals surface area contributed by atoms with E-state index < -0.39 is 20.0 Å². The van der Waals surface area contributed by atoms with Gasteiger partial charge in [-0.1, -0.05) is 189 Å². The summed E-state index contributed by atoms with van der Waals surface area (Å²) in [5.41, 5.74) is 5.38. The summed E-state index contributed by atoms with van der Waals surface area (Å²) in [6.07, 6.45) is 59.6. The Morgan fingerprint density at radius 1 is 0.559 bits per heavy atom. The van der Waals surface area contributed by atoms with Gasteiger partial charge in [-0.25, -0.2) is 4.57 Å². The number of phosphoric ester groups is 1. The van der Waals surface area contributed by atoms with Crippen LogP contribution in [-0.2, 0) is 18.4 Å². The number of phosphoric acid groups is 1. The number of hydrogen-bond acceptors (Lipinski definition) is 6. The predicted molar refractivity (Wildman–Crippen MR) is 253 cm³/mol. The van der Waals surface area contributed by atoms with Crippen molar-refractivity contribution in [2.24, 2.45) is 5.73 Å². The van der Waals surface area contributed by atoms with Crippen LogP contribution in [0.15, 0.2) is 72.9 Å². The first-order valence-corrected chi connectivity index (χ1v) is 25.6. The van der Waals surface area contributed by atoms with Crippen LogP contribution in [0.2, 0.25) is 0 Å². The molecular formula is C50H91N2O6P. The molecule has 0 aliphatic rings. The lowest BCUT2D eigenvalue weighted by atomic mass is 10.1. The second kappa shape index (κ2) is 45.5. The van der Waals surface area contributed by atoms with Crippen LogP contribution in [0.3, 0.4) is 0 Å². The summed E-state index contributed by atoms with van der Waals surface area (Å²) in [5, 5.41) is 13.7. The zero-order valence-electron chi connectivity index (χ0n) is 38.0. The molecule has 0 aliphatic heterocycles. The highest BCUT2D eigenvalue weighted by atomic mass is 31.2. The number of carbonyl (C=O) groups is 1. The summed E-state index contributed by atoms with van der Waals surface area (Å²) in [6.45, 7) is 4.07. The van der Waals surface area contributed by atoms with Crippen LogP contribution in [0.4, 0.5) is 0 Å². The molecule has 59 heavy (non-hydrogen) atoms. The van der Waals surface area contributed by atoms with Gasteiger partial charge in [-0.2, -0.15) is 0 Å². The molecule has 0 heterocycles. The second-order valence-electron chi connectivity index (χ2n) is 15.9. The molecule has 0 aromatic carbocycles. The fraction of sp³-hybridized carbons (Fsp3) is 0.740. The summed E-state index contributed by atoms with van der Waals surface area (Å²) in [5.74, 6) is -0.223. The monoisotopic (exact) mass is 847 g/mol. The van der Waals surface area contributed by atoms with Gasteiger partial charge in [0, 0.05) is 13.0 Å². The Morgan fingerprint density at radius 2 is 0.949 bits per heavy atom. The SMILES string of the molecule is CCCCC/C=C\C/C=C\C/C=C\CCCCCCCCC(=O)NC(COP(=O)(O)OCCN)C(O)/C=C/CC/C=C/CC/C=C/CCCCCCCCCCCCC. The van der Waals surface area contributed by atoms with E-state index in [1.165, 1.54) is 116 Å². The van der Waals surface area contributed by atoms with Crippen LogP contribution in [0.1, 0.15) is 206 Å². The van der Waals surface area contributed by atoms with Gasteiger partial charge in [0.25, 0.3) is 0 Å². The van der Waals surface area contributed by atoms with Crippen molar-refractivity contribution in [2.45, 2.75) is 219 Å². The van der Waals surface area contributed by atoms with Crippen LogP contribution in [0.5, 0.6) is 0 Å². The maximum Gasteiger partial charge on any atom is 0.472 e. The van der Waals surface area contributed by atoms with Gasteiger partial charge in [0.2, 0.25) is 5.91 Å². The van der Waals surface area contributed by atoms with Crippen molar-refractivity contribution in [3.05, 3.63) is 72.9 Å². The number of nitrogens with one attached hydrogen (secondary N) is 1. The fourth-order valence-electron chi connectivity index (χ4n) is 6.58. The molecule has 0 fully saturated rings. The van der Waals surface area contributed by atoms with Crippen LogP contribution < -0.4 is 11.1 Å². The van der Waals surface area contributed by atoms with E-state index in [4.69, 9.17) is 14.8 Å². The Hall–Kier alpha value is -2.06. The van der Waals surface area contributed by atoms with Crippen LogP contribution >= 0.6 is 7.82 Å². The van der Waals surface area contributed by atoms with Gasteiger partial charge in [0.15, 0.2) is 0 Å². The van der Waals surface area contributed by atoms with Crippen molar-refractivity contribution in [2.75, 3.05) is 19.8 Å². The summed E-state index contributed by atoms with van der Waals surface area (Å²) >= 11 is 0. The average molecular weight is 847 g/mol. The lowest BCUT2D eigenvalue weighted by Gasteiger charge is -2.23. The summed E-state index contributed by atoms with van der Waals surface area (Å²) in [6, 6.07) is -0.895. The Bertz CT molecular complexity index is 1150. The lowest BCUT2D eigenvalue weighted by Crippen LogP contribution is -2.45. The standard InChI is InChI=1S/C50H91N2O6P/c1-3-5-7-9-11-13-15-17-19-21-23-24-26-27-29-31-33-35-37-39-41-43-49(53)48(47-58-59(55,56)57-46-45-51)52-50(54)44-42-40-38-36-34-32-30-28-25-22-20-18-16-14-12-10-8-6-4-2/h12,14,18,20,25-28,33,35,41,43,48-49,53H,3-11,13,15-17,19,21-24,29-32,34,36-40,42,44-47,51H2,1-2H3,(H,52,54)(H,55,56)/b14-12-,20-18-,27-26+,28-25-,35-33+,43-41+. The third-order valence-electron chi connectivity index (χ3n) is 10.2. The molecule has 342 valence electrons. The smallest absolute Gasteiger partial charge is 0.387 e. The van der Waals surface area contributed by atoms with Crippen LogP contribution in [-0.4, -0.2) is 47.8 Å². The highest BCUT2D eigenvalue weighted by Gasteiger charge is 2.26. The van der Waals surface area contributed by atoms with E-state index in [-0.39, 0.29) is 25.7 Å². The molecule has 0 aromatic rings. The largest absolute Gasteiger partial charge is 0.472 e. The van der Waals surface area contributed by atoms with Crippen molar-refractivity contribution < 1.29 is 28.4 Å². The highest BCUT2D eigenvalue weighted by molar-refractivity contribution is 7.47. The van der Waals surface area contributed by atoms with Crippen molar-refractivity contribution in [1.29, 1.82) is 0 Å². The average Bonchev–Trinajstić information content (AvgIpc) is 3.22. The van der Waals surface area contributed by atoms with Crippen molar-refractivity contribution in [3.63, 3.8) is 0 Å². The first kappa shape index (κ1) is 56.9. The first-order chi connectivity index (χ1) is 28.9. The molecule has 3 atom stereocenters. The minimum atomic E-state index is -4.36. The normalized spacial score (nSPS) is 14.6. The summed E-state index contributed by atoms with van der Waals surface area (Å²) in [4.78, 5) is 22.8. The molecular weight excluding hydrogens is 756 g/mol. The fourth-order valence-corrected chi connectivity index (χ4v) is 7.34. The number of unbranched alkanes of at least 4 members (excludes halogenated alkanes) is 22. The van der Waals surface area contributed by atoms with Crippen molar-refractivity contribution in [1.82, 2.24) is 5.32 Å². The maximum absolute atomic E-state index is 12.8.